The summed E-state index contributed by atoms with van der Waals surface area (Å²) in [6.07, 6.45) is 1.83. The topological polar surface area (TPSA) is 84.1 Å². The number of hydrogen-bond donors (Lipinski definition) is 2. The molecule has 6 heteroatoms. The molecule has 104 valence electrons. The molecule has 0 spiro atoms. The molecule has 0 unspecified atom stereocenters. The largest absolute Gasteiger partial charge is 0.469 e. The van der Waals surface area contributed by atoms with Crippen LogP contribution in [0.2, 0.25) is 0 Å². The molecule has 2 aromatic rings. The van der Waals surface area contributed by atoms with E-state index in [1.54, 1.807) is 12.3 Å². The first-order chi connectivity index (χ1) is 9.69. The first-order valence-corrected chi connectivity index (χ1v) is 6.15. The summed E-state index contributed by atoms with van der Waals surface area (Å²) in [6, 6.07) is 9.22. The van der Waals surface area contributed by atoms with Gasteiger partial charge in [-0.2, -0.15) is 5.10 Å². The van der Waals surface area contributed by atoms with Gasteiger partial charge in [0, 0.05) is 23.9 Å². The molecule has 0 aliphatic rings. The number of rotatable bonds is 5. The van der Waals surface area contributed by atoms with Crippen LogP contribution in [0.3, 0.4) is 0 Å². The van der Waals surface area contributed by atoms with Gasteiger partial charge in [-0.1, -0.05) is 12.1 Å². The van der Waals surface area contributed by atoms with E-state index in [2.05, 4.69) is 20.3 Å². The van der Waals surface area contributed by atoms with Crippen LogP contribution < -0.4 is 5.32 Å². The summed E-state index contributed by atoms with van der Waals surface area (Å²) >= 11 is 0. The van der Waals surface area contributed by atoms with Crippen LogP contribution >= 0.6 is 0 Å². The second kappa shape index (κ2) is 6.51. The summed E-state index contributed by atoms with van der Waals surface area (Å²) < 4.78 is 4.49. The molecule has 2 N–H and O–H groups in total. The molecular formula is C14H15N3O3. The first-order valence-electron chi connectivity index (χ1n) is 6.15. The molecular weight excluding hydrogens is 258 g/mol. The summed E-state index contributed by atoms with van der Waals surface area (Å²) in [4.78, 5) is 22.7. The Kier molecular flexibility index (Phi) is 4.49. The highest BCUT2D eigenvalue weighted by Gasteiger charge is 2.08. The van der Waals surface area contributed by atoms with E-state index in [1.165, 1.54) is 7.11 Å². The van der Waals surface area contributed by atoms with Gasteiger partial charge in [-0.15, -0.1) is 0 Å². The van der Waals surface area contributed by atoms with Crippen LogP contribution in [-0.4, -0.2) is 29.2 Å². The van der Waals surface area contributed by atoms with Gasteiger partial charge in [0.05, 0.1) is 19.2 Å². The smallest absolute Gasteiger partial charge is 0.306 e. The summed E-state index contributed by atoms with van der Waals surface area (Å²) in [5, 5.41) is 9.48. The molecule has 0 aliphatic heterocycles. The van der Waals surface area contributed by atoms with Crippen LogP contribution in [0.15, 0.2) is 36.5 Å². The fourth-order valence-corrected chi connectivity index (χ4v) is 1.72. The zero-order chi connectivity index (χ0) is 14.4. The van der Waals surface area contributed by atoms with Gasteiger partial charge in [0.25, 0.3) is 0 Å². The molecule has 6 nitrogen and oxygen atoms in total. The van der Waals surface area contributed by atoms with Gasteiger partial charge in [-0.3, -0.25) is 14.7 Å². The second-order valence-corrected chi connectivity index (χ2v) is 4.18. The molecule has 0 atom stereocenters. The van der Waals surface area contributed by atoms with Crippen molar-refractivity contribution < 1.29 is 14.3 Å². The van der Waals surface area contributed by atoms with Crippen LogP contribution in [-0.2, 0) is 14.3 Å². The number of carbonyl (C=O) groups is 2. The summed E-state index contributed by atoms with van der Waals surface area (Å²) in [7, 11) is 1.30. The molecule has 20 heavy (non-hydrogen) atoms. The quantitative estimate of drug-likeness (QED) is 0.816. The maximum Gasteiger partial charge on any atom is 0.306 e. The fourth-order valence-electron chi connectivity index (χ4n) is 1.72. The molecule has 0 radical (unpaired) electrons. The third kappa shape index (κ3) is 3.68. The molecule has 1 amide bonds. The number of nitrogens with one attached hydrogen (secondary N) is 2. The molecule has 2 rings (SSSR count). The number of nitrogens with zero attached hydrogens (tertiary/aromatic N) is 1. The summed E-state index contributed by atoms with van der Waals surface area (Å²) in [6.45, 7) is 0. The number of carbonyl (C=O) groups excluding carboxylic acids is 2. The van der Waals surface area contributed by atoms with E-state index >= 15 is 0 Å². The molecule has 0 fully saturated rings. The predicted octanol–water partition coefficient (Wildman–Crippen LogP) is 1.97. The number of anilines is 1. The van der Waals surface area contributed by atoms with Gasteiger partial charge in [-0.25, -0.2) is 0 Å². The highest BCUT2D eigenvalue weighted by molar-refractivity contribution is 5.93. The van der Waals surface area contributed by atoms with Crippen molar-refractivity contribution in [3.8, 4) is 11.3 Å². The normalized spacial score (nSPS) is 10.1. The highest BCUT2D eigenvalue weighted by atomic mass is 16.5. The Hall–Kier alpha value is -2.63. The lowest BCUT2D eigenvalue weighted by Crippen LogP contribution is -2.13. The number of hydrogen-bond acceptors (Lipinski definition) is 4. The van der Waals surface area contributed by atoms with Crippen LogP contribution in [0.4, 0.5) is 5.69 Å². The number of ether oxygens (including phenoxy) is 1. The zero-order valence-corrected chi connectivity index (χ0v) is 11.1. The predicted molar refractivity (Wildman–Crippen MR) is 73.9 cm³/mol. The molecule has 0 saturated carbocycles. The Labute approximate surface area is 116 Å². The van der Waals surface area contributed by atoms with E-state index in [4.69, 9.17) is 0 Å². The lowest BCUT2D eigenvalue weighted by molar-refractivity contribution is -0.141. The van der Waals surface area contributed by atoms with Crippen LogP contribution in [0, 0.1) is 0 Å². The number of methoxy groups -OCH3 is 1. The number of benzene rings is 1. The van der Waals surface area contributed by atoms with Crippen molar-refractivity contribution in [2.24, 2.45) is 0 Å². The third-order valence-corrected chi connectivity index (χ3v) is 2.74. The maximum absolute atomic E-state index is 11.7. The Balaban J connectivity index is 1.98. The monoisotopic (exact) mass is 273 g/mol. The van der Waals surface area contributed by atoms with Gasteiger partial charge in [-0.05, 0) is 18.2 Å². The maximum atomic E-state index is 11.7. The van der Waals surface area contributed by atoms with E-state index in [-0.39, 0.29) is 18.7 Å². The summed E-state index contributed by atoms with van der Waals surface area (Å²) in [5.41, 5.74) is 2.47. The molecule has 0 bridgehead atoms. The van der Waals surface area contributed by atoms with Crippen molar-refractivity contribution in [3.05, 3.63) is 36.5 Å². The molecule has 1 aromatic heterocycles. The van der Waals surface area contributed by atoms with Crippen LogP contribution in [0.5, 0.6) is 0 Å². The number of aromatic nitrogens is 2. The van der Waals surface area contributed by atoms with E-state index in [0.29, 0.717) is 5.69 Å². The first kappa shape index (κ1) is 13.8. The van der Waals surface area contributed by atoms with E-state index in [9.17, 15) is 9.59 Å². The van der Waals surface area contributed by atoms with Crippen molar-refractivity contribution in [3.63, 3.8) is 0 Å². The van der Waals surface area contributed by atoms with Gasteiger partial charge < -0.3 is 10.1 Å². The van der Waals surface area contributed by atoms with Crippen molar-refractivity contribution in [2.75, 3.05) is 12.4 Å². The third-order valence-electron chi connectivity index (χ3n) is 2.74. The number of H-pyrrole nitrogens is 1. The average Bonchev–Trinajstić information content (AvgIpc) is 2.99. The lowest BCUT2D eigenvalue weighted by atomic mass is 10.1. The number of amides is 1. The highest BCUT2D eigenvalue weighted by Crippen LogP contribution is 2.20. The van der Waals surface area contributed by atoms with Gasteiger partial charge in [0.1, 0.15) is 0 Å². The minimum Gasteiger partial charge on any atom is -0.469 e. The lowest BCUT2D eigenvalue weighted by Gasteiger charge is -2.06. The summed E-state index contributed by atoms with van der Waals surface area (Å²) in [5.74, 6) is -0.622. The van der Waals surface area contributed by atoms with Crippen molar-refractivity contribution >= 4 is 17.6 Å². The Morgan fingerprint density at radius 1 is 1.30 bits per heavy atom. The Morgan fingerprint density at radius 3 is 2.85 bits per heavy atom. The van der Waals surface area contributed by atoms with E-state index < -0.39 is 5.97 Å². The minimum atomic E-state index is -0.397. The molecule has 0 aliphatic carbocycles. The van der Waals surface area contributed by atoms with Crippen molar-refractivity contribution in [1.82, 2.24) is 10.2 Å². The Morgan fingerprint density at radius 2 is 2.15 bits per heavy atom. The van der Waals surface area contributed by atoms with Crippen molar-refractivity contribution in [1.29, 1.82) is 0 Å². The molecule has 1 aromatic carbocycles. The molecule has 0 saturated heterocycles. The second-order valence-electron chi connectivity index (χ2n) is 4.18. The number of aromatic amines is 1. The SMILES string of the molecule is COC(=O)CCC(=O)Nc1cccc(-c2ccn[nH]2)c1. The standard InChI is InChI=1S/C14H15N3O3/c1-20-14(19)6-5-13(18)16-11-4-2-3-10(9-11)12-7-8-15-17-12/h2-4,7-9H,5-6H2,1H3,(H,15,17)(H,16,18). The van der Waals surface area contributed by atoms with Gasteiger partial charge in [0.2, 0.25) is 5.91 Å². The van der Waals surface area contributed by atoms with Gasteiger partial charge in [0.15, 0.2) is 0 Å². The van der Waals surface area contributed by atoms with Crippen LogP contribution in [0.25, 0.3) is 11.3 Å². The fraction of sp³-hybridized carbons (Fsp3) is 0.214. The Bertz CT molecular complexity index is 593. The van der Waals surface area contributed by atoms with Gasteiger partial charge >= 0.3 is 5.97 Å². The zero-order valence-electron chi connectivity index (χ0n) is 11.1. The van der Waals surface area contributed by atoms with Crippen LogP contribution in [0.1, 0.15) is 12.8 Å². The minimum absolute atomic E-state index is 0.0720. The van der Waals surface area contributed by atoms with E-state index in [0.717, 1.165) is 11.3 Å². The molecule has 1 heterocycles. The van der Waals surface area contributed by atoms with E-state index in [1.807, 2.05) is 24.3 Å². The average molecular weight is 273 g/mol. The van der Waals surface area contributed by atoms with Crippen molar-refractivity contribution in [2.45, 2.75) is 12.8 Å². The number of esters is 1.